The molecular weight excluding hydrogens is 649 g/mol. The summed E-state index contributed by atoms with van der Waals surface area (Å²) < 4.78 is 6.05. The highest BCUT2D eigenvalue weighted by molar-refractivity contribution is 6.32. The van der Waals surface area contributed by atoms with Gasteiger partial charge in [-0.05, 0) is 53.8 Å². The number of imidazole rings is 1. The first-order chi connectivity index (χ1) is 22.7. The van der Waals surface area contributed by atoms with Crippen molar-refractivity contribution in [3.63, 3.8) is 0 Å². The van der Waals surface area contributed by atoms with Gasteiger partial charge in [0.25, 0.3) is 0 Å². The lowest BCUT2D eigenvalue weighted by atomic mass is 10.1. The van der Waals surface area contributed by atoms with Gasteiger partial charge in [-0.15, -0.1) is 5.10 Å². The average Bonchev–Trinajstić information content (AvgIpc) is 3.74. The number of hydrogen-bond donors (Lipinski definition) is 4. The Bertz CT molecular complexity index is 1890. The van der Waals surface area contributed by atoms with Crippen LogP contribution in [0.1, 0.15) is 35.2 Å². The molecule has 0 aliphatic heterocycles. The molecule has 2 aromatic carbocycles. The summed E-state index contributed by atoms with van der Waals surface area (Å²) >= 11 is 12.7. The summed E-state index contributed by atoms with van der Waals surface area (Å²) in [5, 5.41) is 20.0. The minimum atomic E-state index is -0.916. The Morgan fingerprint density at radius 3 is 2.60 bits per heavy atom. The van der Waals surface area contributed by atoms with Crippen molar-refractivity contribution >= 4 is 52.9 Å². The number of H-pyrrole nitrogens is 1. The van der Waals surface area contributed by atoms with E-state index in [0.717, 1.165) is 5.69 Å². The second-order valence-electron chi connectivity index (χ2n) is 9.96. The summed E-state index contributed by atoms with van der Waals surface area (Å²) in [5.74, 6) is -0.669. The summed E-state index contributed by atoms with van der Waals surface area (Å²) in [4.78, 5) is 53.9. The molecule has 47 heavy (non-hydrogen) atoms. The third kappa shape index (κ3) is 8.74. The van der Waals surface area contributed by atoms with Crippen LogP contribution in [0, 0.1) is 6.92 Å². The Kier molecular flexibility index (Phi) is 10.5. The topological polar surface area (TPSA) is 195 Å². The summed E-state index contributed by atoms with van der Waals surface area (Å²) in [6.45, 7) is 1.95. The highest BCUT2D eigenvalue weighted by atomic mass is 35.5. The van der Waals surface area contributed by atoms with Crippen molar-refractivity contribution in [2.24, 2.45) is 0 Å². The molecule has 5 aromatic rings. The first-order valence-corrected chi connectivity index (χ1v) is 14.7. The molecule has 0 saturated heterocycles. The number of amides is 3. The summed E-state index contributed by atoms with van der Waals surface area (Å²) in [6, 6.07) is 10.9. The number of tetrazole rings is 1. The number of benzene rings is 2. The molecule has 0 radical (unpaired) electrons. The Morgan fingerprint density at radius 1 is 1.09 bits per heavy atom. The van der Waals surface area contributed by atoms with E-state index in [1.165, 1.54) is 24.2 Å². The second-order valence-corrected chi connectivity index (χ2v) is 10.8. The number of carbonyl (C=O) groups is 3. The number of anilines is 1. The first-order valence-electron chi connectivity index (χ1n) is 13.9. The maximum atomic E-state index is 13.2. The van der Waals surface area contributed by atoms with E-state index in [-0.39, 0.29) is 29.9 Å². The molecule has 240 valence electrons. The first kappa shape index (κ1) is 32.7. The third-order valence-corrected chi connectivity index (χ3v) is 7.11. The lowest BCUT2D eigenvalue weighted by Gasteiger charge is -2.16. The van der Waals surface area contributed by atoms with Crippen LogP contribution in [0.2, 0.25) is 10.2 Å². The second kappa shape index (κ2) is 15.1. The Labute approximate surface area is 277 Å². The summed E-state index contributed by atoms with van der Waals surface area (Å²) in [5.41, 5.74) is 3.98. The van der Waals surface area contributed by atoms with Crippen molar-refractivity contribution in [1.82, 2.24) is 50.8 Å². The van der Waals surface area contributed by atoms with Gasteiger partial charge < -0.3 is 20.4 Å². The van der Waals surface area contributed by atoms with E-state index in [9.17, 15) is 14.4 Å². The molecule has 17 heteroatoms. The molecule has 5 rings (SSSR count). The SMILES string of the molecule is COC(=O)Nc1ccc(-c2nc([C@H](CC(=O)NCc3cnc(C)cn3)NC(=O)C=Cc3cc(Cl)ccc3-n3cnnn3)[nH]c2Cl)cc1. The fraction of sp³-hybridized carbons (Fsp3) is 0.167. The van der Waals surface area contributed by atoms with Crippen LogP contribution in [0.15, 0.2) is 67.3 Å². The lowest BCUT2D eigenvalue weighted by molar-refractivity contribution is -0.122. The van der Waals surface area contributed by atoms with Gasteiger partial charge in [0.05, 0.1) is 49.4 Å². The Balaban J connectivity index is 1.37. The molecule has 3 amide bonds. The molecule has 1 atom stereocenters. The molecule has 0 aliphatic carbocycles. The van der Waals surface area contributed by atoms with Crippen LogP contribution in [0.4, 0.5) is 10.5 Å². The predicted octanol–water partition coefficient (Wildman–Crippen LogP) is 4.21. The van der Waals surface area contributed by atoms with Crippen LogP contribution in [0.25, 0.3) is 23.0 Å². The highest BCUT2D eigenvalue weighted by Gasteiger charge is 2.23. The fourth-order valence-corrected chi connectivity index (χ4v) is 4.73. The molecule has 3 heterocycles. The quantitative estimate of drug-likeness (QED) is 0.147. The van der Waals surface area contributed by atoms with Gasteiger partial charge in [0.1, 0.15) is 23.0 Å². The number of rotatable bonds is 11. The van der Waals surface area contributed by atoms with Gasteiger partial charge in [-0.1, -0.05) is 35.3 Å². The number of ether oxygens (including phenoxy) is 1. The van der Waals surface area contributed by atoms with Gasteiger partial charge in [-0.25, -0.2) is 9.78 Å². The van der Waals surface area contributed by atoms with Crippen LogP contribution in [0.5, 0.6) is 0 Å². The van der Waals surface area contributed by atoms with Crippen LogP contribution in [-0.4, -0.2) is 65.2 Å². The summed E-state index contributed by atoms with van der Waals surface area (Å²) in [7, 11) is 1.27. The van der Waals surface area contributed by atoms with E-state index in [1.807, 2.05) is 6.92 Å². The number of hydrogen-bond acceptors (Lipinski definition) is 10. The number of carbonyl (C=O) groups excluding carboxylic acids is 3. The van der Waals surface area contributed by atoms with Gasteiger partial charge in [-0.2, -0.15) is 4.68 Å². The lowest BCUT2D eigenvalue weighted by Crippen LogP contribution is -2.33. The molecular formula is C30H27Cl2N11O4. The van der Waals surface area contributed by atoms with Gasteiger partial charge in [0, 0.05) is 34.1 Å². The highest BCUT2D eigenvalue weighted by Crippen LogP contribution is 2.29. The zero-order valence-electron chi connectivity index (χ0n) is 24.9. The fourth-order valence-electron chi connectivity index (χ4n) is 4.30. The minimum absolute atomic E-state index is 0.136. The normalized spacial score (nSPS) is 11.7. The van der Waals surface area contributed by atoms with Crippen molar-refractivity contribution in [3.8, 4) is 16.9 Å². The minimum Gasteiger partial charge on any atom is -0.453 e. The zero-order chi connectivity index (χ0) is 33.3. The van der Waals surface area contributed by atoms with Gasteiger partial charge in [0.2, 0.25) is 11.8 Å². The largest absolute Gasteiger partial charge is 0.453 e. The number of nitrogens with one attached hydrogen (secondary N) is 4. The third-order valence-electron chi connectivity index (χ3n) is 6.60. The molecule has 0 aliphatic rings. The van der Waals surface area contributed by atoms with Gasteiger partial charge >= 0.3 is 6.09 Å². The molecule has 0 spiro atoms. The van der Waals surface area contributed by atoms with Crippen LogP contribution in [0.3, 0.4) is 0 Å². The van der Waals surface area contributed by atoms with E-state index in [1.54, 1.807) is 60.9 Å². The smallest absolute Gasteiger partial charge is 0.411 e. The van der Waals surface area contributed by atoms with Crippen molar-refractivity contribution < 1.29 is 19.1 Å². The number of aryl methyl sites for hydroxylation is 1. The van der Waals surface area contributed by atoms with E-state index in [2.05, 4.69) is 56.1 Å². The predicted molar refractivity (Wildman–Crippen MR) is 172 cm³/mol. The van der Waals surface area contributed by atoms with Crippen LogP contribution in [-0.2, 0) is 20.9 Å². The molecule has 0 unspecified atom stereocenters. The standard InChI is InChI=1S/C30H27Cl2N11O4/c1-17-13-34-22(14-33-17)15-35-26(45)12-23(29-39-27(28(32)40-29)18-3-7-21(8-4-18)37-30(46)47-2)38-25(44)10-5-19-11-20(31)6-9-24(19)43-16-36-41-42-43/h3-11,13-14,16,23H,12,15H2,1-2H3,(H,35,45)(H,37,46)(H,38,44)(H,39,40)/t23-/m0/s1. The van der Waals surface area contributed by atoms with E-state index in [0.29, 0.717) is 38.9 Å². The van der Waals surface area contributed by atoms with Gasteiger partial charge in [0.15, 0.2) is 0 Å². The number of halogens is 2. The van der Waals surface area contributed by atoms with Crippen LogP contribution < -0.4 is 16.0 Å². The van der Waals surface area contributed by atoms with Gasteiger partial charge in [-0.3, -0.25) is 24.9 Å². The van der Waals surface area contributed by atoms with E-state index in [4.69, 9.17) is 23.2 Å². The molecule has 0 saturated carbocycles. The summed E-state index contributed by atoms with van der Waals surface area (Å²) in [6.07, 6.45) is 6.65. The molecule has 4 N–H and O–H groups in total. The molecule has 0 bridgehead atoms. The zero-order valence-corrected chi connectivity index (χ0v) is 26.5. The van der Waals surface area contributed by atoms with E-state index < -0.39 is 18.0 Å². The maximum absolute atomic E-state index is 13.2. The number of aromatic nitrogens is 8. The number of aromatic amines is 1. The Morgan fingerprint density at radius 2 is 1.89 bits per heavy atom. The van der Waals surface area contributed by atoms with Crippen LogP contribution >= 0.6 is 23.2 Å². The monoisotopic (exact) mass is 675 g/mol. The van der Waals surface area contributed by atoms with Crippen molar-refractivity contribution in [2.75, 3.05) is 12.4 Å². The molecule has 0 fully saturated rings. The average molecular weight is 677 g/mol. The van der Waals surface area contributed by atoms with E-state index >= 15 is 0 Å². The Hall–Kier alpha value is -5.67. The molecule has 15 nitrogen and oxygen atoms in total. The van der Waals surface area contributed by atoms with Crippen molar-refractivity contribution in [1.29, 1.82) is 0 Å². The maximum Gasteiger partial charge on any atom is 0.411 e. The molecule has 3 aromatic heterocycles. The number of nitrogens with zero attached hydrogens (tertiary/aromatic N) is 7. The van der Waals surface area contributed by atoms with Crippen molar-refractivity contribution in [3.05, 3.63) is 100 Å². The number of methoxy groups -OCH3 is 1. The van der Waals surface area contributed by atoms with Crippen molar-refractivity contribution in [2.45, 2.75) is 25.9 Å².